The van der Waals surface area contributed by atoms with Crippen molar-refractivity contribution in [1.29, 1.82) is 0 Å². The van der Waals surface area contributed by atoms with Gasteiger partial charge in [-0.05, 0) is 5.92 Å². The standard InChI is InChI=1S/C13H21NO4/c1-7(2)13(16)12(14)11-9(17-3)5-8(15)6-10(11)18-4/h5-7,12-13,15-16H,14H2,1-4H3/t12-,13+/m1/s1. The second-order valence-corrected chi connectivity index (χ2v) is 4.52. The van der Waals surface area contributed by atoms with Crippen molar-refractivity contribution in [3.8, 4) is 17.2 Å². The lowest BCUT2D eigenvalue weighted by molar-refractivity contribution is 0.0958. The average molecular weight is 255 g/mol. The minimum atomic E-state index is -0.725. The maximum Gasteiger partial charge on any atom is 0.131 e. The second kappa shape index (κ2) is 5.93. The molecule has 0 saturated heterocycles. The third kappa shape index (κ3) is 2.86. The van der Waals surface area contributed by atoms with Crippen LogP contribution in [-0.4, -0.2) is 30.5 Å². The summed E-state index contributed by atoms with van der Waals surface area (Å²) in [6, 6.07) is 2.26. The number of methoxy groups -OCH3 is 2. The number of aliphatic hydroxyl groups is 1. The smallest absolute Gasteiger partial charge is 0.131 e. The molecule has 0 unspecified atom stereocenters. The van der Waals surface area contributed by atoms with E-state index in [4.69, 9.17) is 15.2 Å². The van der Waals surface area contributed by atoms with E-state index >= 15 is 0 Å². The number of hydrogen-bond acceptors (Lipinski definition) is 5. The fraction of sp³-hybridized carbons (Fsp3) is 0.538. The molecule has 0 radical (unpaired) electrons. The van der Waals surface area contributed by atoms with Crippen molar-refractivity contribution < 1.29 is 19.7 Å². The molecule has 0 spiro atoms. The van der Waals surface area contributed by atoms with E-state index in [1.807, 2.05) is 13.8 Å². The molecule has 102 valence electrons. The number of phenolic OH excluding ortho intramolecular Hbond substituents is 1. The Kier molecular flexibility index (Phi) is 4.81. The zero-order chi connectivity index (χ0) is 13.9. The van der Waals surface area contributed by atoms with Gasteiger partial charge in [-0.3, -0.25) is 0 Å². The molecule has 4 N–H and O–H groups in total. The molecule has 1 aromatic rings. The van der Waals surface area contributed by atoms with Crippen LogP contribution >= 0.6 is 0 Å². The van der Waals surface area contributed by atoms with Gasteiger partial charge in [0.25, 0.3) is 0 Å². The molecule has 1 aromatic carbocycles. The number of ether oxygens (including phenoxy) is 2. The van der Waals surface area contributed by atoms with E-state index in [-0.39, 0.29) is 11.7 Å². The van der Waals surface area contributed by atoms with Crippen LogP contribution in [0.15, 0.2) is 12.1 Å². The van der Waals surface area contributed by atoms with E-state index in [0.717, 1.165) is 0 Å². The molecular weight excluding hydrogens is 234 g/mol. The van der Waals surface area contributed by atoms with Crippen LogP contribution in [0.4, 0.5) is 0 Å². The Morgan fingerprint density at radius 1 is 1.11 bits per heavy atom. The normalized spacial score (nSPS) is 14.4. The largest absolute Gasteiger partial charge is 0.508 e. The maximum atomic E-state index is 10.1. The van der Waals surface area contributed by atoms with Crippen LogP contribution in [0.25, 0.3) is 0 Å². The van der Waals surface area contributed by atoms with Crippen molar-refractivity contribution in [3.05, 3.63) is 17.7 Å². The summed E-state index contributed by atoms with van der Waals surface area (Å²) in [5.74, 6) is 0.833. The summed E-state index contributed by atoms with van der Waals surface area (Å²) >= 11 is 0. The fourth-order valence-corrected chi connectivity index (χ4v) is 1.84. The molecule has 0 aliphatic carbocycles. The van der Waals surface area contributed by atoms with Gasteiger partial charge in [0.1, 0.15) is 17.2 Å². The number of rotatable bonds is 5. The van der Waals surface area contributed by atoms with E-state index in [0.29, 0.717) is 17.1 Å². The van der Waals surface area contributed by atoms with Crippen molar-refractivity contribution in [2.45, 2.75) is 26.0 Å². The summed E-state index contributed by atoms with van der Waals surface area (Å²) in [5, 5.41) is 19.6. The van der Waals surface area contributed by atoms with E-state index in [1.54, 1.807) is 0 Å². The highest BCUT2D eigenvalue weighted by atomic mass is 16.5. The predicted octanol–water partition coefficient (Wildman–Crippen LogP) is 1.43. The molecule has 0 saturated carbocycles. The molecule has 0 bridgehead atoms. The van der Waals surface area contributed by atoms with Crippen molar-refractivity contribution in [2.24, 2.45) is 11.7 Å². The number of nitrogens with two attached hydrogens (primary N) is 1. The van der Waals surface area contributed by atoms with Gasteiger partial charge in [-0.1, -0.05) is 13.8 Å². The molecule has 0 heterocycles. The molecule has 0 amide bonds. The maximum absolute atomic E-state index is 10.1. The van der Waals surface area contributed by atoms with Gasteiger partial charge in [0.2, 0.25) is 0 Å². The van der Waals surface area contributed by atoms with E-state index in [1.165, 1.54) is 26.4 Å². The molecule has 0 aromatic heterocycles. The number of phenols is 1. The van der Waals surface area contributed by atoms with Crippen LogP contribution in [0.5, 0.6) is 17.2 Å². The van der Waals surface area contributed by atoms with Crippen LogP contribution in [0.2, 0.25) is 0 Å². The summed E-state index contributed by atoms with van der Waals surface area (Å²) in [5.41, 5.74) is 6.61. The summed E-state index contributed by atoms with van der Waals surface area (Å²) < 4.78 is 10.4. The highest BCUT2D eigenvalue weighted by Gasteiger charge is 2.27. The Balaban J connectivity index is 3.28. The highest BCUT2D eigenvalue weighted by Crippen LogP contribution is 2.39. The number of aromatic hydroxyl groups is 1. The predicted molar refractivity (Wildman–Crippen MR) is 69.0 cm³/mol. The Morgan fingerprint density at radius 3 is 1.89 bits per heavy atom. The second-order valence-electron chi connectivity index (χ2n) is 4.52. The van der Waals surface area contributed by atoms with Gasteiger partial charge >= 0.3 is 0 Å². The fourth-order valence-electron chi connectivity index (χ4n) is 1.84. The van der Waals surface area contributed by atoms with Crippen LogP contribution in [-0.2, 0) is 0 Å². The lowest BCUT2D eigenvalue weighted by Gasteiger charge is -2.25. The average Bonchev–Trinajstić information content (AvgIpc) is 2.35. The number of benzene rings is 1. The van der Waals surface area contributed by atoms with Gasteiger partial charge in [0.15, 0.2) is 0 Å². The summed E-state index contributed by atoms with van der Waals surface area (Å²) in [7, 11) is 2.96. The minimum absolute atomic E-state index is 0.00298. The molecular formula is C13H21NO4. The van der Waals surface area contributed by atoms with Crippen molar-refractivity contribution >= 4 is 0 Å². The third-order valence-electron chi connectivity index (χ3n) is 2.91. The van der Waals surface area contributed by atoms with Gasteiger partial charge in [-0.2, -0.15) is 0 Å². The van der Waals surface area contributed by atoms with Gasteiger partial charge in [0, 0.05) is 12.1 Å². The quantitative estimate of drug-likeness (QED) is 0.741. The van der Waals surface area contributed by atoms with Crippen molar-refractivity contribution in [3.63, 3.8) is 0 Å². The van der Waals surface area contributed by atoms with Crippen LogP contribution < -0.4 is 15.2 Å². The van der Waals surface area contributed by atoms with Gasteiger partial charge < -0.3 is 25.4 Å². The molecule has 5 nitrogen and oxygen atoms in total. The molecule has 0 aliphatic rings. The molecule has 0 fully saturated rings. The van der Waals surface area contributed by atoms with E-state index in [9.17, 15) is 10.2 Å². The van der Waals surface area contributed by atoms with Gasteiger partial charge in [-0.15, -0.1) is 0 Å². The Bertz CT molecular complexity index is 381. The molecule has 0 aliphatic heterocycles. The molecule has 18 heavy (non-hydrogen) atoms. The summed E-state index contributed by atoms with van der Waals surface area (Å²) in [6.07, 6.45) is -0.725. The SMILES string of the molecule is COc1cc(O)cc(OC)c1[C@@H](N)[C@@H](O)C(C)C. The van der Waals surface area contributed by atoms with Crippen molar-refractivity contribution in [2.75, 3.05) is 14.2 Å². The molecule has 5 heteroatoms. The Morgan fingerprint density at radius 2 is 1.56 bits per heavy atom. The van der Waals surface area contributed by atoms with Crippen molar-refractivity contribution in [1.82, 2.24) is 0 Å². The highest BCUT2D eigenvalue weighted by molar-refractivity contribution is 5.52. The molecule has 2 atom stereocenters. The molecule has 1 rings (SSSR count). The van der Waals surface area contributed by atoms with Crippen LogP contribution in [0.3, 0.4) is 0 Å². The summed E-state index contributed by atoms with van der Waals surface area (Å²) in [6.45, 7) is 3.76. The number of hydrogen-bond donors (Lipinski definition) is 3. The lowest BCUT2D eigenvalue weighted by atomic mass is 9.93. The zero-order valence-electron chi connectivity index (χ0n) is 11.2. The number of aliphatic hydroxyl groups excluding tert-OH is 1. The Hall–Kier alpha value is -1.46. The summed E-state index contributed by atoms with van der Waals surface area (Å²) in [4.78, 5) is 0. The minimum Gasteiger partial charge on any atom is -0.508 e. The van der Waals surface area contributed by atoms with E-state index < -0.39 is 12.1 Å². The van der Waals surface area contributed by atoms with Crippen LogP contribution in [0.1, 0.15) is 25.5 Å². The van der Waals surface area contributed by atoms with Gasteiger partial charge in [0.05, 0.1) is 31.9 Å². The zero-order valence-corrected chi connectivity index (χ0v) is 11.2. The first-order valence-corrected chi connectivity index (χ1v) is 5.80. The third-order valence-corrected chi connectivity index (χ3v) is 2.91. The monoisotopic (exact) mass is 255 g/mol. The Labute approximate surface area is 107 Å². The topological polar surface area (TPSA) is 84.9 Å². The first kappa shape index (κ1) is 14.6. The van der Waals surface area contributed by atoms with Crippen LogP contribution in [0, 0.1) is 5.92 Å². The van der Waals surface area contributed by atoms with Gasteiger partial charge in [-0.25, -0.2) is 0 Å². The lowest BCUT2D eigenvalue weighted by Crippen LogP contribution is -2.31. The first-order chi connectivity index (χ1) is 8.42. The first-order valence-electron chi connectivity index (χ1n) is 5.80. The van der Waals surface area contributed by atoms with E-state index in [2.05, 4.69) is 0 Å².